The lowest BCUT2D eigenvalue weighted by Crippen LogP contribution is -2.47. The van der Waals surface area contributed by atoms with Crippen molar-refractivity contribution in [1.82, 2.24) is 20.0 Å². The second kappa shape index (κ2) is 8.07. The Kier molecular flexibility index (Phi) is 5.37. The first kappa shape index (κ1) is 18.0. The molecule has 4 nitrogen and oxygen atoms in total. The van der Waals surface area contributed by atoms with E-state index in [1.165, 1.54) is 27.9 Å². The average Bonchev–Trinajstić information content (AvgIpc) is 3.20. The topological polar surface area (TPSA) is 35.2 Å². The van der Waals surface area contributed by atoms with Crippen LogP contribution in [0.4, 0.5) is 0 Å². The molecule has 2 aromatic carbocycles. The Hall–Kier alpha value is -2.43. The minimum Gasteiger partial charge on any atom is -0.297 e. The van der Waals surface area contributed by atoms with Crippen LogP contribution in [-0.2, 0) is 6.54 Å². The monoisotopic (exact) mass is 360 g/mol. The van der Waals surface area contributed by atoms with Crippen LogP contribution >= 0.6 is 0 Å². The van der Waals surface area contributed by atoms with Crippen LogP contribution in [0, 0.1) is 13.8 Å². The fourth-order valence-corrected chi connectivity index (χ4v) is 4.13. The summed E-state index contributed by atoms with van der Waals surface area (Å²) in [6.07, 6.45) is 1.86. The maximum absolute atomic E-state index is 4.22. The highest BCUT2D eigenvalue weighted by Gasteiger charge is 2.28. The summed E-state index contributed by atoms with van der Waals surface area (Å²) in [5.41, 5.74) is 6.61. The highest BCUT2D eigenvalue weighted by molar-refractivity contribution is 5.37. The standard InChI is InChI=1S/C23H28N4/c1-18-8-9-21(19(2)16-18)23(22-10-11-24-25-22)27-14-12-26(13-15-27)17-20-6-4-3-5-7-20/h3-11,16,23H,12-15,17H2,1-2H3,(H,24,25). The molecule has 1 aliphatic heterocycles. The Bertz CT molecular complexity index is 849. The molecule has 1 unspecified atom stereocenters. The van der Waals surface area contributed by atoms with Gasteiger partial charge < -0.3 is 0 Å². The lowest BCUT2D eigenvalue weighted by molar-refractivity contribution is 0.103. The van der Waals surface area contributed by atoms with Crippen molar-refractivity contribution in [3.63, 3.8) is 0 Å². The van der Waals surface area contributed by atoms with E-state index in [0.29, 0.717) is 0 Å². The summed E-state index contributed by atoms with van der Waals surface area (Å²) in [6.45, 7) is 9.71. The molecule has 0 amide bonds. The number of benzene rings is 2. The Morgan fingerprint density at radius 2 is 1.74 bits per heavy atom. The Morgan fingerprint density at radius 1 is 0.963 bits per heavy atom. The van der Waals surface area contributed by atoms with Crippen LogP contribution < -0.4 is 0 Å². The molecular weight excluding hydrogens is 332 g/mol. The van der Waals surface area contributed by atoms with E-state index in [2.05, 4.69) is 88.4 Å². The van der Waals surface area contributed by atoms with Gasteiger partial charge in [0.2, 0.25) is 0 Å². The van der Waals surface area contributed by atoms with Gasteiger partial charge >= 0.3 is 0 Å². The third-order valence-corrected chi connectivity index (χ3v) is 5.56. The predicted molar refractivity (Wildman–Crippen MR) is 110 cm³/mol. The third-order valence-electron chi connectivity index (χ3n) is 5.56. The van der Waals surface area contributed by atoms with Gasteiger partial charge in [0.05, 0.1) is 11.7 Å². The number of nitrogens with one attached hydrogen (secondary N) is 1. The Labute approximate surface area is 161 Å². The molecule has 4 heteroatoms. The molecule has 4 rings (SSSR count). The molecule has 1 fully saturated rings. The second-order valence-corrected chi connectivity index (χ2v) is 7.57. The first-order chi connectivity index (χ1) is 13.2. The zero-order valence-corrected chi connectivity index (χ0v) is 16.2. The number of H-pyrrole nitrogens is 1. The molecular formula is C23H28N4. The number of hydrogen-bond acceptors (Lipinski definition) is 3. The minimum absolute atomic E-state index is 0.243. The van der Waals surface area contributed by atoms with E-state index < -0.39 is 0 Å². The SMILES string of the molecule is Cc1ccc(C(c2ccn[nH]2)N2CCN(Cc3ccccc3)CC2)c(C)c1. The van der Waals surface area contributed by atoms with Crippen molar-refractivity contribution in [3.8, 4) is 0 Å². The maximum atomic E-state index is 4.22. The average molecular weight is 361 g/mol. The van der Waals surface area contributed by atoms with E-state index in [1.54, 1.807) is 0 Å². The zero-order chi connectivity index (χ0) is 18.6. The van der Waals surface area contributed by atoms with Crippen molar-refractivity contribution in [3.05, 3.63) is 88.7 Å². The molecule has 1 N–H and O–H groups in total. The van der Waals surface area contributed by atoms with E-state index in [0.717, 1.165) is 32.7 Å². The Balaban J connectivity index is 1.51. The van der Waals surface area contributed by atoms with E-state index >= 15 is 0 Å². The van der Waals surface area contributed by atoms with Crippen molar-refractivity contribution >= 4 is 0 Å². The van der Waals surface area contributed by atoms with Crippen LogP contribution in [-0.4, -0.2) is 46.2 Å². The summed E-state index contributed by atoms with van der Waals surface area (Å²) in [7, 11) is 0. The van der Waals surface area contributed by atoms with E-state index in [9.17, 15) is 0 Å². The lowest BCUT2D eigenvalue weighted by Gasteiger charge is -2.39. The van der Waals surface area contributed by atoms with Gasteiger partial charge in [-0.2, -0.15) is 5.10 Å². The van der Waals surface area contributed by atoms with Crippen LogP contribution in [0.1, 0.15) is 34.0 Å². The summed E-state index contributed by atoms with van der Waals surface area (Å²) in [4.78, 5) is 5.14. The molecule has 27 heavy (non-hydrogen) atoms. The van der Waals surface area contributed by atoms with Crippen LogP contribution in [0.25, 0.3) is 0 Å². The summed E-state index contributed by atoms with van der Waals surface area (Å²) < 4.78 is 0. The van der Waals surface area contributed by atoms with Crippen molar-refractivity contribution in [2.45, 2.75) is 26.4 Å². The largest absolute Gasteiger partial charge is 0.297 e. The van der Waals surface area contributed by atoms with Crippen molar-refractivity contribution in [2.75, 3.05) is 26.2 Å². The third kappa shape index (κ3) is 4.12. The molecule has 1 aromatic heterocycles. The highest BCUT2D eigenvalue weighted by atomic mass is 15.3. The van der Waals surface area contributed by atoms with Gasteiger partial charge in [-0.3, -0.25) is 14.9 Å². The predicted octanol–water partition coefficient (Wildman–Crippen LogP) is 3.93. The van der Waals surface area contributed by atoms with Gasteiger partial charge in [0.1, 0.15) is 0 Å². The number of nitrogens with zero attached hydrogens (tertiary/aromatic N) is 3. The molecule has 1 atom stereocenters. The molecule has 2 heterocycles. The van der Waals surface area contributed by atoms with Gasteiger partial charge in [-0.05, 0) is 36.6 Å². The van der Waals surface area contributed by atoms with Gasteiger partial charge in [0, 0.05) is 38.9 Å². The maximum Gasteiger partial charge on any atom is 0.0774 e. The fourth-order valence-electron chi connectivity index (χ4n) is 4.13. The number of aromatic nitrogens is 2. The first-order valence-corrected chi connectivity index (χ1v) is 9.77. The lowest BCUT2D eigenvalue weighted by atomic mass is 9.95. The molecule has 0 spiro atoms. The molecule has 0 bridgehead atoms. The van der Waals surface area contributed by atoms with Crippen molar-refractivity contribution < 1.29 is 0 Å². The van der Waals surface area contributed by atoms with Crippen LogP contribution in [0.15, 0.2) is 60.8 Å². The van der Waals surface area contributed by atoms with Gasteiger partial charge in [-0.25, -0.2) is 0 Å². The molecule has 140 valence electrons. The molecule has 3 aromatic rings. The van der Waals surface area contributed by atoms with Gasteiger partial charge in [-0.15, -0.1) is 0 Å². The molecule has 1 aliphatic rings. The quantitative estimate of drug-likeness (QED) is 0.749. The van der Waals surface area contributed by atoms with Gasteiger partial charge in [-0.1, -0.05) is 54.1 Å². The van der Waals surface area contributed by atoms with Crippen LogP contribution in [0.5, 0.6) is 0 Å². The zero-order valence-electron chi connectivity index (χ0n) is 16.2. The molecule has 0 saturated carbocycles. The fraction of sp³-hybridized carbons (Fsp3) is 0.348. The first-order valence-electron chi connectivity index (χ1n) is 9.77. The molecule has 0 radical (unpaired) electrons. The molecule has 1 saturated heterocycles. The summed E-state index contributed by atoms with van der Waals surface area (Å²) in [5, 5.41) is 7.44. The summed E-state index contributed by atoms with van der Waals surface area (Å²) >= 11 is 0. The van der Waals surface area contributed by atoms with Crippen molar-refractivity contribution in [2.24, 2.45) is 0 Å². The van der Waals surface area contributed by atoms with E-state index in [-0.39, 0.29) is 6.04 Å². The number of aryl methyl sites for hydroxylation is 2. The summed E-state index contributed by atoms with van der Waals surface area (Å²) in [5.74, 6) is 0. The summed E-state index contributed by atoms with van der Waals surface area (Å²) in [6, 6.07) is 19.9. The smallest absolute Gasteiger partial charge is 0.0774 e. The number of rotatable bonds is 5. The highest BCUT2D eigenvalue weighted by Crippen LogP contribution is 2.31. The van der Waals surface area contributed by atoms with Crippen molar-refractivity contribution in [1.29, 1.82) is 0 Å². The Morgan fingerprint density at radius 3 is 2.41 bits per heavy atom. The number of hydrogen-bond donors (Lipinski definition) is 1. The normalized spacial score (nSPS) is 17.1. The van der Waals surface area contributed by atoms with Crippen LogP contribution in [0.2, 0.25) is 0 Å². The van der Waals surface area contributed by atoms with E-state index in [1.807, 2.05) is 6.20 Å². The van der Waals surface area contributed by atoms with Crippen LogP contribution in [0.3, 0.4) is 0 Å². The van der Waals surface area contributed by atoms with E-state index in [4.69, 9.17) is 0 Å². The second-order valence-electron chi connectivity index (χ2n) is 7.57. The number of aromatic amines is 1. The van der Waals surface area contributed by atoms with Gasteiger partial charge in [0.25, 0.3) is 0 Å². The minimum atomic E-state index is 0.243. The molecule has 0 aliphatic carbocycles. The van der Waals surface area contributed by atoms with Gasteiger partial charge in [0.15, 0.2) is 0 Å². The number of piperazine rings is 1.